The van der Waals surface area contributed by atoms with Crippen LogP contribution in [0.2, 0.25) is 0 Å². The Morgan fingerprint density at radius 3 is 2.90 bits per heavy atom. The van der Waals surface area contributed by atoms with Crippen molar-refractivity contribution in [1.29, 1.82) is 0 Å². The van der Waals surface area contributed by atoms with Crippen LogP contribution in [0.1, 0.15) is 12.8 Å². The van der Waals surface area contributed by atoms with Crippen LogP contribution in [-0.2, 0) is 4.79 Å². The Balaban J connectivity index is 2.62. The van der Waals surface area contributed by atoms with Crippen molar-refractivity contribution in [2.75, 3.05) is 7.05 Å². The monoisotopic (exact) mass is 137 g/mol. The van der Waals surface area contributed by atoms with E-state index >= 15 is 0 Å². The van der Waals surface area contributed by atoms with E-state index in [2.05, 4.69) is 12.2 Å². The topological polar surface area (TPSA) is 20.3 Å². The molecule has 0 bridgehead atoms. The zero-order chi connectivity index (χ0) is 7.40. The van der Waals surface area contributed by atoms with Crippen molar-refractivity contribution in [3.05, 3.63) is 23.9 Å². The van der Waals surface area contributed by atoms with Crippen LogP contribution in [-0.4, -0.2) is 18.4 Å². The molecule has 0 aliphatic heterocycles. The Morgan fingerprint density at radius 1 is 1.60 bits per heavy atom. The van der Waals surface area contributed by atoms with Gasteiger partial charge in [-0.1, -0.05) is 12.2 Å². The van der Waals surface area contributed by atoms with E-state index < -0.39 is 0 Å². The number of allylic oxidation sites excluding steroid dienone is 3. The normalized spacial score (nSPS) is 16.3. The summed E-state index contributed by atoms with van der Waals surface area (Å²) in [6.45, 7) is 0. The van der Waals surface area contributed by atoms with Gasteiger partial charge in [0.2, 0.25) is 6.41 Å². The summed E-state index contributed by atoms with van der Waals surface area (Å²) in [5.41, 5.74) is 1.00. The lowest BCUT2D eigenvalue weighted by atomic mass is 10.1. The van der Waals surface area contributed by atoms with E-state index in [-0.39, 0.29) is 0 Å². The first-order valence-corrected chi connectivity index (χ1v) is 3.39. The summed E-state index contributed by atoms with van der Waals surface area (Å²) in [7, 11) is 1.76. The van der Waals surface area contributed by atoms with Crippen molar-refractivity contribution in [2.45, 2.75) is 12.8 Å². The molecule has 0 N–H and O–H groups in total. The molecule has 0 aromatic carbocycles. The molecule has 1 amide bonds. The number of nitrogens with zero attached hydrogens (tertiary/aromatic N) is 1. The molecule has 0 unspecified atom stereocenters. The van der Waals surface area contributed by atoms with Gasteiger partial charge in [-0.15, -0.1) is 0 Å². The largest absolute Gasteiger partial charge is 0.318 e. The molecule has 0 heterocycles. The summed E-state index contributed by atoms with van der Waals surface area (Å²) >= 11 is 0. The molecule has 1 aliphatic rings. The fraction of sp³-hybridized carbons (Fsp3) is 0.375. The van der Waals surface area contributed by atoms with Crippen LogP contribution in [0.4, 0.5) is 0 Å². The molecule has 2 nitrogen and oxygen atoms in total. The highest BCUT2D eigenvalue weighted by Gasteiger charge is 2.00. The first kappa shape index (κ1) is 7.06. The zero-order valence-corrected chi connectivity index (χ0v) is 6.08. The molecule has 0 radical (unpaired) electrons. The molecule has 1 aliphatic carbocycles. The van der Waals surface area contributed by atoms with Gasteiger partial charge in [-0.3, -0.25) is 4.79 Å². The first-order valence-electron chi connectivity index (χ1n) is 3.39. The Labute approximate surface area is 60.8 Å². The van der Waals surface area contributed by atoms with Gasteiger partial charge in [0.15, 0.2) is 0 Å². The van der Waals surface area contributed by atoms with Crippen molar-refractivity contribution in [3.63, 3.8) is 0 Å². The van der Waals surface area contributed by atoms with Gasteiger partial charge in [-0.2, -0.15) is 0 Å². The lowest BCUT2D eigenvalue weighted by molar-refractivity contribution is -0.115. The van der Waals surface area contributed by atoms with Crippen LogP contribution in [0, 0.1) is 0 Å². The van der Waals surface area contributed by atoms with Gasteiger partial charge in [0.25, 0.3) is 0 Å². The molecule has 0 atom stereocenters. The van der Waals surface area contributed by atoms with Crippen LogP contribution < -0.4 is 0 Å². The van der Waals surface area contributed by atoms with Gasteiger partial charge in [0.05, 0.1) is 0 Å². The van der Waals surface area contributed by atoms with Crippen molar-refractivity contribution in [3.8, 4) is 0 Å². The van der Waals surface area contributed by atoms with E-state index in [9.17, 15) is 4.79 Å². The third-order valence-corrected chi connectivity index (χ3v) is 1.54. The molecule has 54 valence electrons. The van der Waals surface area contributed by atoms with Crippen LogP contribution in [0.5, 0.6) is 0 Å². The summed E-state index contributed by atoms with van der Waals surface area (Å²) in [4.78, 5) is 11.8. The smallest absolute Gasteiger partial charge is 0.213 e. The van der Waals surface area contributed by atoms with Crippen LogP contribution in [0.15, 0.2) is 23.9 Å². The highest BCUT2D eigenvalue weighted by molar-refractivity contribution is 5.52. The number of rotatable bonds is 2. The molecule has 0 fully saturated rings. The minimum atomic E-state index is 0.821. The molecule has 0 saturated heterocycles. The van der Waals surface area contributed by atoms with E-state index in [0.717, 1.165) is 24.9 Å². The van der Waals surface area contributed by atoms with Crippen LogP contribution >= 0.6 is 0 Å². The third kappa shape index (κ3) is 1.47. The summed E-state index contributed by atoms with van der Waals surface area (Å²) in [5.74, 6) is 0. The Kier molecular flexibility index (Phi) is 2.26. The summed E-state index contributed by atoms with van der Waals surface area (Å²) in [6, 6.07) is 0. The van der Waals surface area contributed by atoms with Gasteiger partial charge in [0, 0.05) is 12.7 Å². The number of carbonyl (C=O) groups is 1. The van der Waals surface area contributed by atoms with E-state index in [1.54, 1.807) is 11.9 Å². The van der Waals surface area contributed by atoms with E-state index in [4.69, 9.17) is 0 Å². The van der Waals surface area contributed by atoms with Crippen LogP contribution in [0.25, 0.3) is 0 Å². The lowest BCUT2D eigenvalue weighted by Gasteiger charge is -2.13. The first-order chi connectivity index (χ1) is 4.84. The Bertz CT molecular complexity index is 182. The second kappa shape index (κ2) is 3.20. The third-order valence-electron chi connectivity index (χ3n) is 1.54. The number of hydrogen-bond acceptors (Lipinski definition) is 1. The Morgan fingerprint density at radius 2 is 2.40 bits per heavy atom. The average molecular weight is 137 g/mol. The Hall–Kier alpha value is -1.05. The molecule has 0 aromatic heterocycles. The predicted molar refractivity (Wildman–Crippen MR) is 40.3 cm³/mol. The van der Waals surface area contributed by atoms with E-state index in [1.807, 2.05) is 6.08 Å². The maximum Gasteiger partial charge on any atom is 0.213 e. The van der Waals surface area contributed by atoms with Gasteiger partial charge < -0.3 is 4.90 Å². The number of hydrogen-bond donors (Lipinski definition) is 0. The van der Waals surface area contributed by atoms with Crippen molar-refractivity contribution < 1.29 is 4.79 Å². The minimum Gasteiger partial charge on any atom is -0.318 e. The number of likely N-dealkylation sites (N-methyl/N-ethyl adjacent to an activating group) is 1. The highest BCUT2D eigenvalue weighted by atomic mass is 16.1. The summed E-state index contributed by atoms with van der Waals surface area (Å²) in [6.07, 6.45) is 9.07. The lowest BCUT2D eigenvalue weighted by Crippen LogP contribution is -2.14. The average Bonchev–Trinajstić information content (AvgIpc) is 2.05. The second-order valence-corrected chi connectivity index (χ2v) is 2.33. The molecule has 0 saturated carbocycles. The summed E-state index contributed by atoms with van der Waals surface area (Å²) < 4.78 is 0. The molecular formula is C8H11NO. The van der Waals surface area contributed by atoms with Crippen LogP contribution in [0.3, 0.4) is 0 Å². The predicted octanol–water partition coefficient (Wildman–Crippen LogP) is 1.31. The molecular weight excluding hydrogens is 126 g/mol. The number of amides is 1. The molecule has 2 heteroatoms. The quantitative estimate of drug-likeness (QED) is 0.525. The second-order valence-electron chi connectivity index (χ2n) is 2.33. The molecule has 1 rings (SSSR count). The minimum absolute atomic E-state index is 0.821. The van der Waals surface area contributed by atoms with Gasteiger partial charge >= 0.3 is 0 Å². The van der Waals surface area contributed by atoms with Gasteiger partial charge in [-0.25, -0.2) is 0 Å². The van der Waals surface area contributed by atoms with Crippen molar-refractivity contribution >= 4 is 6.41 Å². The zero-order valence-electron chi connectivity index (χ0n) is 6.08. The van der Waals surface area contributed by atoms with E-state index in [0.29, 0.717) is 0 Å². The fourth-order valence-corrected chi connectivity index (χ4v) is 0.922. The maximum atomic E-state index is 10.3. The van der Waals surface area contributed by atoms with Gasteiger partial charge in [-0.05, 0) is 18.9 Å². The molecule has 10 heavy (non-hydrogen) atoms. The van der Waals surface area contributed by atoms with E-state index in [1.165, 1.54) is 0 Å². The highest BCUT2D eigenvalue weighted by Crippen LogP contribution is 2.10. The standard InChI is InChI=1S/C8H11NO/c1-9(7-10)8-5-3-2-4-6-8/h3,5-7H,2,4H2,1H3. The number of carbonyl (C=O) groups excluding carboxylic acids is 1. The fourth-order valence-electron chi connectivity index (χ4n) is 0.922. The molecule has 0 aromatic rings. The SMILES string of the molecule is CN(C=O)C1=CCCC=C1. The molecule has 0 spiro atoms. The van der Waals surface area contributed by atoms with Crippen molar-refractivity contribution in [1.82, 2.24) is 4.90 Å². The maximum absolute atomic E-state index is 10.3. The van der Waals surface area contributed by atoms with Crippen molar-refractivity contribution in [2.24, 2.45) is 0 Å². The summed E-state index contributed by atoms with van der Waals surface area (Å²) in [5, 5.41) is 0. The van der Waals surface area contributed by atoms with Gasteiger partial charge in [0.1, 0.15) is 0 Å².